The summed E-state index contributed by atoms with van der Waals surface area (Å²) in [5.41, 5.74) is 0.456. The van der Waals surface area contributed by atoms with E-state index in [2.05, 4.69) is 40.3 Å². The highest BCUT2D eigenvalue weighted by atomic mass is 32.1. The average molecular weight is 160 g/mol. The summed E-state index contributed by atoms with van der Waals surface area (Å²) in [4.78, 5) is 0. The summed E-state index contributed by atoms with van der Waals surface area (Å²) in [5, 5.41) is 0. The molecule has 0 amide bonds. The minimum Gasteiger partial charge on any atom is -0.179 e. The highest BCUT2D eigenvalue weighted by Crippen LogP contribution is 2.33. The topological polar surface area (TPSA) is 0 Å². The van der Waals surface area contributed by atoms with Crippen molar-refractivity contribution in [2.75, 3.05) is 5.75 Å². The highest BCUT2D eigenvalue weighted by Gasteiger charge is 2.25. The minimum absolute atomic E-state index is 0.456. The van der Waals surface area contributed by atoms with Crippen LogP contribution < -0.4 is 0 Å². The van der Waals surface area contributed by atoms with E-state index in [0.717, 1.165) is 11.7 Å². The SMILES string of the molecule is CCC(C)C(C)(CC)CS. The quantitative estimate of drug-likeness (QED) is 0.599. The second kappa shape index (κ2) is 4.27. The van der Waals surface area contributed by atoms with E-state index in [-0.39, 0.29) is 0 Å². The Bertz CT molecular complexity index is 84.7. The summed E-state index contributed by atoms with van der Waals surface area (Å²) in [5.74, 6) is 1.81. The molecule has 0 radical (unpaired) electrons. The molecule has 0 nitrogen and oxygen atoms in total. The molecule has 0 saturated heterocycles. The Morgan fingerprint density at radius 1 is 1.40 bits per heavy atom. The Morgan fingerprint density at radius 2 is 1.90 bits per heavy atom. The Balaban J connectivity index is 4.02. The number of hydrogen-bond acceptors (Lipinski definition) is 1. The van der Waals surface area contributed by atoms with Crippen LogP contribution in [-0.2, 0) is 0 Å². The van der Waals surface area contributed by atoms with Crippen LogP contribution in [0.4, 0.5) is 0 Å². The van der Waals surface area contributed by atoms with E-state index < -0.39 is 0 Å². The zero-order valence-corrected chi connectivity index (χ0v) is 8.54. The van der Waals surface area contributed by atoms with E-state index >= 15 is 0 Å². The second-order valence-electron chi connectivity index (χ2n) is 3.47. The summed E-state index contributed by atoms with van der Waals surface area (Å²) in [6.45, 7) is 9.15. The molecule has 0 bridgehead atoms. The fourth-order valence-electron chi connectivity index (χ4n) is 1.11. The van der Waals surface area contributed by atoms with Crippen LogP contribution in [0.15, 0.2) is 0 Å². The van der Waals surface area contributed by atoms with Gasteiger partial charge in [0.25, 0.3) is 0 Å². The first kappa shape index (κ1) is 10.3. The molecule has 62 valence electrons. The molecule has 0 aliphatic carbocycles. The van der Waals surface area contributed by atoms with Crippen LogP contribution >= 0.6 is 12.6 Å². The van der Waals surface area contributed by atoms with Gasteiger partial charge in [0.2, 0.25) is 0 Å². The third-order valence-electron chi connectivity index (χ3n) is 2.97. The molecule has 0 aromatic carbocycles. The van der Waals surface area contributed by atoms with E-state index in [1.165, 1.54) is 12.8 Å². The molecule has 0 heterocycles. The van der Waals surface area contributed by atoms with E-state index in [4.69, 9.17) is 0 Å². The van der Waals surface area contributed by atoms with Gasteiger partial charge in [-0.25, -0.2) is 0 Å². The molecule has 0 saturated carbocycles. The van der Waals surface area contributed by atoms with E-state index in [9.17, 15) is 0 Å². The van der Waals surface area contributed by atoms with Gasteiger partial charge >= 0.3 is 0 Å². The molecule has 0 spiro atoms. The van der Waals surface area contributed by atoms with Crippen molar-refractivity contribution in [2.24, 2.45) is 11.3 Å². The van der Waals surface area contributed by atoms with Gasteiger partial charge in [-0.3, -0.25) is 0 Å². The fourth-order valence-corrected chi connectivity index (χ4v) is 1.64. The standard InChI is InChI=1S/C9H20S/c1-5-8(3)9(4,6-2)7-10/h8,10H,5-7H2,1-4H3. The van der Waals surface area contributed by atoms with Crippen molar-refractivity contribution in [2.45, 2.75) is 40.5 Å². The first-order chi connectivity index (χ1) is 4.60. The molecular weight excluding hydrogens is 140 g/mol. The van der Waals surface area contributed by atoms with Gasteiger partial charge < -0.3 is 0 Å². The average Bonchev–Trinajstić information content (AvgIpc) is 2.01. The van der Waals surface area contributed by atoms with Crippen LogP contribution in [-0.4, -0.2) is 5.75 Å². The third-order valence-corrected chi connectivity index (χ3v) is 3.69. The largest absolute Gasteiger partial charge is 0.179 e. The van der Waals surface area contributed by atoms with E-state index in [1.54, 1.807) is 0 Å². The lowest BCUT2D eigenvalue weighted by Crippen LogP contribution is -2.25. The molecule has 0 aliphatic rings. The Morgan fingerprint density at radius 3 is 2.00 bits per heavy atom. The molecule has 0 N–H and O–H groups in total. The molecule has 0 aromatic rings. The van der Waals surface area contributed by atoms with Crippen molar-refractivity contribution in [1.29, 1.82) is 0 Å². The summed E-state index contributed by atoms with van der Waals surface area (Å²) < 4.78 is 0. The van der Waals surface area contributed by atoms with Gasteiger partial charge in [-0.2, -0.15) is 12.6 Å². The van der Waals surface area contributed by atoms with E-state index in [0.29, 0.717) is 5.41 Å². The number of hydrogen-bond donors (Lipinski definition) is 1. The lowest BCUT2D eigenvalue weighted by molar-refractivity contribution is 0.223. The lowest BCUT2D eigenvalue weighted by atomic mass is 9.76. The smallest absolute Gasteiger partial charge is 0.00414 e. The lowest BCUT2D eigenvalue weighted by Gasteiger charge is -2.32. The molecule has 0 aromatic heterocycles. The predicted molar refractivity (Wildman–Crippen MR) is 51.7 cm³/mol. The maximum absolute atomic E-state index is 4.37. The normalized spacial score (nSPS) is 20.1. The predicted octanol–water partition coefficient (Wildman–Crippen LogP) is 3.38. The molecule has 0 rings (SSSR count). The van der Waals surface area contributed by atoms with Gasteiger partial charge in [0.15, 0.2) is 0 Å². The third kappa shape index (κ3) is 2.19. The molecule has 10 heavy (non-hydrogen) atoms. The van der Waals surface area contributed by atoms with Crippen LogP contribution in [0.5, 0.6) is 0 Å². The van der Waals surface area contributed by atoms with Crippen LogP contribution in [0.3, 0.4) is 0 Å². The molecule has 2 atom stereocenters. The van der Waals surface area contributed by atoms with Gasteiger partial charge in [0, 0.05) is 0 Å². The van der Waals surface area contributed by atoms with Crippen LogP contribution in [0.2, 0.25) is 0 Å². The Labute approximate surface area is 70.8 Å². The van der Waals surface area contributed by atoms with Crippen molar-refractivity contribution in [1.82, 2.24) is 0 Å². The summed E-state index contributed by atoms with van der Waals surface area (Å²) in [6.07, 6.45) is 2.51. The minimum atomic E-state index is 0.456. The molecular formula is C9H20S. The van der Waals surface area contributed by atoms with Crippen molar-refractivity contribution in [3.05, 3.63) is 0 Å². The number of thiol groups is 1. The molecule has 0 fully saturated rings. The van der Waals surface area contributed by atoms with Crippen LogP contribution in [0, 0.1) is 11.3 Å². The molecule has 0 aliphatic heterocycles. The zero-order chi connectivity index (χ0) is 8.20. The molecule has 1 heteroatoms. The highest BCUT2D eigenvalue weighted by molar-refractivity contribution is 7.80. The first-order valence-electron chi connectivity index (χ1n) is 4.21. The van der Waals surface area contributed by atoms with Crippen molar-refractivity contribution < 1.29 is 0 Å². The molecule has 2 unspecified atom stereocenters. The first-order valence-corrected chi connectivity index (χ1v) is 4.84. The van der Waals surface area contributed by atoms with Crippen LogP contribution in [0.1, 0.15) is 40.5 Å². The zero-order valence-electron chi connectivity index (χ0n) is 7.65. The monoisotopic (exact) mass is 160 g/mol. The van der Waals surface area contributed by atoms with Gasteiger partial charge in [-0.15, -0.1) is 0 Å². The van der Waals surface area contributed by atoms with Gasteiger partial charge in [0.1, 0.15) is 0 Å². The van der Waals surface area contributed by atoms with Gasteiger partial charge in [-0.05, 0) is 23.5 Å². The van der Waals surface area contributed by atoms with Gasteiger partial charge in [-0.1, -0.05) is 34.1 Å². The van der Waals surface area contributed by atoms with Crippen molar-refractivity contribution in [3.63, 3.8) is 0 Å². The van der Waals surface area contributed by atoms with Crippen molar-refractivity contribution >= 4 is 12.6 Å². The number of rotatable bonds is 4. The van der Waals surface area contributed by atoms with E-state index in [1.807, 2.05) is 0 Å². The van der Waals surface area contributed by atoms with Gasteiger partial charge in [0.05, 0.1) is 0 Å². The Kier molecular flexibility index (Phi) is 4.42. The summed E-state index contributed by atoms with van der Waals surface area (Å²) in [7, 11) is 0. The fraction of sp³-hybridized carbons (Fsp3) is 1.00. The maximum atomic E-state index is 4.37. The van der Waals surface area contributed by atoms with Crippen LogP contribution in [0.25, 0.3) is 0 Å². The summed E-state index contributed by atoms with van der Waals surface area (Å²) in [6, 6.07) is 0. The van der Waals surface area contributed by atoms with Crippen molar-refractivity contribution in [3.8, 4) is 0 Å². The Hall–Kier alpha value is 0.350. The second-order valence-corrected chi connectivity index (χ2v) is 3.79. The summed E-state index contributed by atoms with van der Waals surface area (Å²) >= 11 is 4.37. The maximum Gasteiger partial charge on any atom is -0.00414 e.